The number of nitrogens with one attached hydrogen (secondary N) is 1. The Morgan fingerprint density at radius 2 is 2.04 bits per heavy atom. The van der Waals surface area contributed by atoms with Crippen molar-refractivity contribution in [3.8, 4) is 0 Å². The van der Waals surface area contributed by atoms with Crippen LogP contribution in [0.15, 0.2) is 30.5 Å². The van der Waals surface area contributed by atoms with Crippen LogP contribution < -0.4 is 16.8 Å². The van der Waals surface area contributed by atoms with E-state index in [1.165, 1.54) is 24.4 Å². The normalized spacial score (nSPS) is 15.8. The number of halogens is 2. The van der Waals surface area contributed by atoms with E-state index in [0.717, 1.165) is 12.8 Å². The maximum Gasteiger partial charge on any atom is 0.218 e. The van der Waals surface area contributed by atoms with Crippen molar-refractivity contribution in [3.63, 3.8) is 0 Å². The van der Waals surface area contributed by atoms with Crippen LogP contribution in [0.4, 0.5) is 10.2 Å². The summed E-state index contributed by atoms with van der Waals surface area (Å²) in [5, 5.41) is 3.31. The van der Waals surface area contributed by atoms with Crippen molar-refractivity contribution in [1.82, 2.24) is 10.3 Å². The summed E-state index contributed by atoms with van der Waals surface area (Å²) in [6, 6.07) is 5.51. The van der Waals surface area contributed by atoms with Gasteiger partial charge >= 0.3 is 0 Å². The molecule has 1 aliphatic rings. The highest BCUT2D eigenvalue weighted by Crippen LogP contribution is 2.43. The Labute approximate surface area is 167 Å². The van der Waals surface area contributed by atoms with E-state index in [2.05, 4.69) is 10.3 Å². The molecule has 0 spiro atoms. The number of rotatable bonds is 8. The van der Waals surface area contributed by atoms with E-state index in [-0.39, 0.29) is 46.4 Å². The number of carbonyl (C=O) groups excluding carboxylic acids is 2. The lowest BCUT2D eigenvalue weighted by atomic mass is 9.95. The average Bonchev–Trinajstić information content (AvgIpc) is 3.45. The van der Waals surface area contributed by atoms with E-state index in [9.17, 15) is 9.59 Å². The third-order valence-corrected chi connectivity index (χ3v) is 5.11. The van der Waals surface area contributed by atoms with E-state index in [0.29, 0.717) is 5.56 Å². The standard InChI is InChI=1S/C20H22ClFN4O2/c1-10(8-16(24)27)26-19(11-2-3-11)13-5-6-14(21)17(18(13)22)20(28)12-4-7-15(23)25-9-12/h4-7,9-11,19,26H,2-3,8H2,1H3,(H2,23,25)(H2,24,27)/t10-,19?/m0/s1. The molecule has 1 unspecified atom stereocenters. The summed E-state index contributed by atoms with van der Waals surface area (Å²) in [4.78, 5) is 27.9. The van der Waals surface area contributed by atoms with Crippen LogP contribution in [0, 0.1) is 11.7 Å². The Morgan fingerprint density at radius 3 is 2.61 bits per heavy atom. The zero-order chi connectivity index (χ0) is 20.4. The predicted octanol–water partition coefficient (Wildman–Crippen LogP) is 2.99. The van der Waals surface area contributed by atoms with Gasteiger partial charge in [-0.2, -0.15) is 0 Å². The van der Waals surface area contributed by atoms with Gasteiger partial charge in [0.05, 0.1) is 10.6 Å². The minimum absolute atomic E-state index is 0.0304. The van der Waals surface area contributed by atoms with Crippen LogP contribution >= 0.6 is 11.6 Å². The highest BCUT2D eigenvalue weighted by Gasteiger charge is 2.36. The third-order valence-electron chi connectivity index (χ3n) is 4.80. The molecule has 1 aromatic heterocycles. The Balaban J connectivity index is 1.95. The molecular weight excluding hydrogens is 383 g/mol. The number of nitrogens with zero attached hydrogens (tertiary/aromatic N) is 1. The fourth-order valence-electron chi connectivity index (χ4n) is 3.28. The van der Waals surface area contributed by atoms with Crippen LogP contribution in [0.5, 0.6) is 0 Å². The molecule has 1 fully saturated rings. The fraction of sp³-hybridized carbons (Fsp3) is 0.350. The molecule has 0 bridgehead atoms. The average molecular weight is 405 g/mol. The number of amides is 1. The highest BCUT2D eigenvalue weighted by molar-refractivity contribution is 6.35. The zero-order valence-corrected chi connectivity index (χ0v) is 16.2. The Hall–Kier alpha value is -2.51. The highest BCUT2D eigenvalue weighted by atomic mass is 35.5. The molecule has 6 nitrogen and oxygen atoms in total. The van der Waals surface area contributed by atoms with Crippen LogP contribution in [0.1, 0.15) is 53.7 Å². The van der Waals surface area contributed by atoms with Crippen LogP contribution in [0.2, 0.25) is 5.02 Å². The number of benzene rings is 1. The largest absolute Gasteiger partial charge is 0.384 e. The predicted molar refractivity (Wildman–Crippen MR) is 105 cm³/mol. The number of pyridine rings is 1. The lowest BCUT2D eigenvalue weighted by Crippen LogP contribution is -2.35. The summed E-state index contributed by atoms with van der Waals surface area (Å²) in [5.74, 6) is -1.16. The topological polar surface area (TPSA) is 111 Å². The molecule has 148 valence electrons. The van der Waals surface area contributed by atoms with E-state index < -0.39 is 17.5 Å². The molecule has 1 heterocycles. The second kappa shape index (κ2) is 8.24. The summed E-state index contributed by atoms with van der Waals surface area (Å²) in [7, 11) is 0. The van der Waals surface area contributed by atoms with Crippen molar-refractivity contribution in [1.29, 1.82) is 0 Å². The van der Waals surface area contributed by atoms with E-state index >= 15 is 4.39 Å². The monoisotopic (exact) mass is 404 g/mol. The van der Waals surface area contributed by atoms with Gasteiger partial charge < -0.3 is 16.8 Å². The maximum atomic E-state index is 15.4. The third kappa shape index (κ3) is 4.48. The van der Waals surface area contributed by atoms with E-state index in [4.69, 9.17) is 23.1 Å². The first-order valence-electron chi connectivity index (χ1n) is 9.06. The summed E-state index contributed by atoms with van der Waals surface area (Å²) >= 11 is 6.16. The van der Waals surface area contributed by atoms with Crippen molar-refractivity contribution in [2.75, 3.05) is 5.73 Å². The van der Waals surface area contributed by atoms with Gasteiger partial charge in [0.1, 0.15) is 11.6 Å². The number of ketones is 1. The molecule has 0 saturated heterocycles. The van der Waals surface area contributed by atoms with Gasteiger partial charge in [-0.15, -0.1) is 0 Å². The number of primary amides is 1. The molecule has 2 aromatic rings. The molecule has 0 aliphatic heterocycles. The van der Waals surface area contributed by atoms with Crippen LogP contribution in [0.25, 0.3) is 0 Å². The molecule has 1 amide bonds. The van der Waals surface area contributed by atoms with E-state index in [1.54, 1.807) is 6.07 Å². The van der Waals surface area contributed by atoms with Crippen molar-refractivity contribution in [2.45, 2.75) is 38.3 Å². The quantitative estimate of drug-likeness (QED) is 0.585. The Bertz CT molecular complexity index is 900. The molecule has 1 aromatic carbocycles. The Morgan fingerprint density at radius 1 is 1.32 bits per heavy atom. The number of hydrogen-bond acceptors (Lipinski definition) is 5. The van der Waals surface area contributed by atoms with Crippen molar-refractivity contribution >= 4 is 29.1 Å². The first-order valence-corrected chi connectivity index (χ1v) is 9.44. The summed E-state index contributed by atoms with van der Waals surface area (Å²) in [5.41, 5.74) is 11.2. The maximum absolute atomic E-state index is 15.4. The number of carbonyl (C=O) groups is 2. The smallest absolute Gasteiger partial charge is 0.218 e. The molecule has 28 heavy (non-hydrogen) atoms. The number of anilines is 1. The Kier molecular flexibility index (Phi) is 5.96. The first kappa shape index (κ1) is 20.2. The van der Waals surface area contributed by atoms with Crippen molar-refractivity contribution < 1.29 is 14.0 Å². The summed E-state index contributed by atoms with van der Waals surface area (Å²) < 4.78 is 15.4. The van der Waals surface area contributed by atoms with Gasteiger partial charge in [0, 0.05) is 35.8 Å². The SMILES string of the molecule is C[C@@H](CC(N)=O)NC(c1ccc(Cl)c(C(=O)c2ccc(N)nc2)c1F)C1CC1. The molecule has 3 rings (SSSR count). The van der Waals surface area contributed by atoms with Crippen molar-refractivity contribution in [2.24, 2.45) is 11.7 Å². The van der Waals surface area contributed by atoms with Gasteiger partial charge in [0.25, 0.3) is 0 Å². The lowest BCUT2D eigenvalue weighted by Gasteiger charge is -2.24. The number of nitrogens with two attached hydrogens (primary N) is 2. The molecule has 2 atom stereocenters. The summed E-state index contributed by atoms with van der Waals surface area (Å²) in [6.45, 7) is 1.82. The van der Waals surface area contributed by atoms with E-state index in [1.807, 2.05) is 6.92 Å². The van der Waals surface area contributed by atoms with Crippen LogP contribution in [-0.2, 0) is 4.79 Å². The van der Waals surface area contributed by atoms with Gasteiger partial charge in [0.2, 0.25) is 5.91 Å². The van der Waals surface area contributed by atoms with Crippen LogP contribution in [-0.4, -0.2) is 22.7 Å². The fourth-order valence-corrected chi connectivity index (χ4v) is 3.51. The number of hydrogen-bond donors (Lipinski definition) is 3. The lowest BCUT2D eigenvalue weighted by molar-refractivity contribution is -0.118. The first-order chi connectivity index (χ1) is 13.3. The van der Waals surface area contributed by atoms with Gasteiger partial charge in [0.15, 0.2) is 5.78 Å². The number of nitrogen functional groups attached to an aromatic ring is 1. The molecule has 1 aliphatic carbocycles. The summed E-state index contributed by atoms with van der Waals surface area (Å²) in [6.07, 6.45) is 3.31. The van der Waals surface area contributed by atoms with Crippen molar-refractivity contribution in [3.05, 3.63) is 58.0 Å². The minimum Gasteiger partial charge on any atom is -0.384 e. The van der Waals surface area contributed by atoms with Gasteiger partial charge in [-0.05, 0) is 43.9 Å². The molecule has 8 heteroatoms. The van der Waals surface area contributed by atoms with Crippen LogP contribution in [0.3, 0.4) is 0 Å². The second-order valence-electron chi connectivity index (χ2n) is 7.18. The molecule has 1 saturated carbocycles. The molecular formula is C20H22ClFN4O2. The molecule has 0 radical (unpaired) electrons. The molecule has 5 N–H and O–H groups in total. The van der Waals surface area contributed by atoms with Gasteiger partial charge in [-0.3, -0.25) is 9.59 Å². The van der Waals surface area contributed by atoms with Gasteiger partial charge in [-0.25, -0.2) is 9.37 Å². The van der Waals surface area contributed by atoms with Gasteiger partial charge in [-0.1, -0.05) is 17.7 Å². The zero-order valence-electron chi connectivity index (χ0n) is 15.4. The number of aromatic nitrogens is 1. The second-order valence-corrected chi connectivity index (χ2v) is 7.59. The minimum atomic E-state index is -0.662.